The van der Waals surface area contributed by atoms with E-state index in [0.717, 1.165) is 12.2 Å². The van der Waals surface area contributed by atoms with Gasteiger partial charge in [-0.3, -0.25) is 14.5 Å². The molecule has 164 valence electrons. The molecule has 2 aliphatic heterocycles. The second kappa shape index (κ2) is 8.67. The zero-order valence-corrected chi connectivity index (χ0v) is 18.5. The third kappa shape index (κ3) is 3.54. The van der Waals surface area contributed by atoms with Crippen molar-refractivity contribution < 1.29 is 9.90 Å². The summed E-state index contributed by atoms with van der Waals surface area (Å²) in [7, 11) is 3.57. The third-order valence-electron chi connectivity index (χ3n) is 7.47. The molecular formula is C24H35N3O3. The molecule has 4 rings (SSSR count). The van der Waals surface area contributed by atoms with Gasteiger partial charge in [0.2, 0.25) is 5.91 Å². The minimum atomic E-state index is -0.320. The normalized spacial score (nSPS) is 29.3. The van der Waals surface area contributed by atoms with E-state index in [2.05, 4.69) is 4.90 Å². The molecule has 2 bridgehead atoms. The molecule has 1 aliphatic carbocycles. The lowest BCUT2D eigenvalue weighted by molar-refractivity contribution is -0.135. The number of aromatic nitrogens is 1. The molecule has 1 saturated heterocycles. The lowest BCUT2D eigenvalue weighted by Crippen LogP contribution is -2.48. The molecule has 2 fully saturated rings. The van der Waals surface area contributed by atoms with Crippen LogP contribution in [0.4, 0.5) is 0 Å². The minimum Gasteiger partial charge on any atom is -0.396 e. The first-order chi connectivity index (χ1) is 14.5. The molecule has 30 heavy (non-hydrogen) atoms. The van der Waals surface area contributed by atoms with Crippen molar-refractivity contribution in [2.24, 2.45) is 17.8 Å². The van der Waals surface area contributed by atoms with Gasteiger partial charge in [0, 0.05) is 57.0 Å². The van der Waals surface area contributed by atoms with Crippen LogP contribution >= 0.6 is 0 Å². The van der Waals surface area contributed by atoms with Crippen LogP contribution in [-0.4, -0.2) is 58.7 Å². The van der Waals surface area contributed by atoms with E-state index < -0.39 is 0 Å². The van der Waals surface area contributed by atoms with E-state index in [4.69, 9.17) is 0 Å². The van der Waals surface area contributed by atoms with E-state index in [1.807, 2.05) is 35.8 Å². The standard InChI is InChI=1S/C24H35N3O3/c1-4-8-17-11-12-19-22-21(24(30)25(2)3)18(15-28)20(14-27(19)23(17)29)26(22)13-16-9-6-5-7-10-16/h4,8,11-12,16,18,20-22,28H,5-7,9-10,13-15H2,1-3H3/b8-4-/t18-,20-,21+,22+/m1/s1. The Morgan fingerprint density at radius 1 is 1.23 bits per heavy atom. The minimum absolute atomic E-state index is 0.00700. The second-order valence-electron chi connectivity index (χ2n) is 9.45. The van der Waals surface area contributed by atoms with Crippen LogP contribution in [-0.2, 0) is 11.3 Å². The van der Waals surface area contributed by atoms with Gasteiger partial charge in [0.1, 0.15) is 0 Å². The van der Waals surface area contributed by atoms with E-state index in [0.29, 0.717) is 18.0 Å². The number of nitrogens with zero attached hydrogens (tertiary/aromatic N) is 3. The van der Waals surface area contributed by atoms with Crippen molar-refractivity contribution in [3.05, 3.63) is 39.8 Å². The van der Waals surface area contributed by atoms with Crippen LogP contribution in [0.3, 0.4) is 0 Å². The summed E-state index contributed by atoms with van der Waals surface area (Å²) in [6.07, 6.45) is 10.1. The van der Waals surface area contributed by atoms with E-state index in [-0.39, 0.29) is 42.0 Å². The third-order valence-corrected chi connectivity index (χ3v) is 7.47. The van der Waals surface area contributed by atoms with Crippen molar-refractivity contribution in [2.75, 3.05) is 27.2 Å². The van der Waals surface area contributed by atoms with Crippen LogP contribution in [0.5, 0.6) is 0 Å². The summed E-state index contributed by atoms with van der Waals surface area (Å²) < 4.78 is 1.87. The zero-order chi connectivity index (χ0) is 21.4. The van der Waals surface area contributed by atoms with Crippen LogP contribution in [0.25, 0.3) is 6.08 Å². The quantitative estimate of drug-likeness (QED) is 0.806. The molecule has 6 heteroatoms. The highest BCUT2D eigenvalue weighted by molar-refractivity contribution is 5.80. The molecule has 1 saturated carbocycles. The van der Waals surface area contributed by atoms with Crippen molar-refractivity contribution in [3.8, 4) is 0 Å². The second-order valence-corrected chi connectivity index (χ2v) is 9.45. The number of pyridine rings is 1. The molecule has 6 nitrogen and oxygen atoms in total. The number of carbonyl (C=O) groups is 1. The number of allylic oxidation sites excluding steroid dienone is 1. The van der Waals surface area contributed by atoms with Crippen LogP contribution in [0.15, 0.2) is 23.0 Å². The fourth-order valence-corrected chi connectivity index (χ4v) is 6.04. The summed E-state index contributed by atoms with van der Waals surface area (Å²) in [4.78, 5) is 30.5. The van der Waals surface area contributed by atoms with Crippen LogP contribution in [0, 0.1) is 17.8 Å². The first-order valence-corrected chi connectivity index (χ1v) is 11.4. The fraction of sp³-hybridized carbons (Fsp3) is 0.667. The highest BCUT2D eigenvalue weighted by Gasteiger charge is 2.56. The number of hydrogen-bond acceptors (Lipinski definition) is 4. The Balaban J connectivity index is 1.79. The molecule has 0 aromatic carbocycles. The number of hydrogen-bond donors (Lipinski definition) is 1. The maximum Gasteiger partial charge on any atom is 0.258 e. The molecule has 0 radical (unpaired) electrons. The topological polar surface area (TPSA) is 65.8 Å². The maximum atomic E-state index is 13.2. The molecule has 1 N–H and O–H groups in total. The van der Waals surface area contributed by atoms with Crippen molar-refractivity contribution >= 4 is 12.0 Å². The van der Waals surface area contributed by atoms with Gasteiger partial charge in [0.05, 0.1) is 12.0 Å². The molecule has 3 heterocycles. The highest BCUT2D eigenvalue weighted by atomic mass is 16.3. The Hall–Kier alpha value is -1.92. The number of carbonyl (C=O) groups excluding carboxylic acids is 1. The number of amides is 1. The first-order valence-electron chi connectivity index (χ1n) is 11.4. The molecule has 1 aromatic heterocycles. The van der Waals surface area contributed by atoms with Gasteiger partial charge in [0.15, 0.2) is 0 Å². The Morgan fingerprint density at radius 2 is 1.97 bits per heavy atom. The van der Waals surface area contributed by atoms with Crippen molar-refractivity contribution in [1.29, 1.82) is 0 Å². The van der Waals surface area contributed by atoms with Crippen molar-refractivity contribution in [3.63, 3.8) is 0 Å². The highest BCUT2D eigenvalue weighted by Crippen LogP contribution is 2.49. The van der Waals surface area contributed by atoms with Crippen molar-refractivity contribution in [1.82, 2.24) is 14.4 Å². The summed E-state index contributed by atoms with van der Waals surface area (Å²) in [5.74, 6) is 0.211. The van der Waals surface area contributed by atoms with Gasteiger partial charge in [-0.15, -0.1) is 0 Å². The maximum absolute atomic E-state index is 13.2. The summed E-state index contributed by atoms with van der Waals surface area (Å²) in [6.45, 7) is 3.38. The van der Waals surface area contributed by atoms with Gasteiger partial charge in [0.25, 0.3) is 5.56 Å². The number of aliphatic hydroxyl groups excluding tert-OH is 1. The molecule has 0 unspecified atom stereocenters. The van der Waals surface area contributed by atoms with E-state index >= 15 is 0 Å². The predicted molar refractivity (Wildman–Crippen MR) is 118 cm³/mol. The average molecular weight is 414 g/mol. The van der Waals surface area contributed by atoms with E-state index in [9.17, 15) is 14.7 Å². The summed E-state index contributed by atoms with van der Waals surface area (Å²) in [5, 5.41) is 10.3. The lowest BCUT2D eigenvalue weighted by Gasteiger charge is -2.40. The van der Waals surface area contributed by atoms with Gasteiger partial charge >= 0.3 is 0 Å². The molecule has 0 spiro atoms. The lowest BCUT2D eigenvalue weighted by atomic mass is 9.86. The van der Waals surface area contributed by atoms with E-state index in [1.165, 1.54) is 32.1 Å². The Labute approximate surface area is 179 Å². The molecular weight excluding hydrogens is 378 g/mol. The van der Waals surface area contributed by atoms with Gasteiger partial charge < -0.3 is 14.6 Å². The van der Waals surface area contributed by atoms with Gasteiger partial charge in [-0.05, 0) is 37.8 Å². The number of rotatable bonds is 5. The van der Waals surface area contributed by atoms with Crippen LogP contribution in [0.1, 0.15) is 56.3 Å². The smallest absolute Gasteiger partial charge is 0.258 e. The number of aliphatic hydroxyl groups is 1. The Bertz CT molecular complexity index is 869. The Morgan fingerprint density at radius 3 is 2.60 bits per heavy atom. The fourth-order valence-electron chi connectivity index (χ4n) is 6.04. The summed E-state index contributed by atoms with van der Waals surface area (Å²) in [5.41, 5.74) is 1.61. The summed E-state index contributed by atoms with van der Waals surface area (Å²) in [6, 6.07) is 3.78. The number of fused-ring (bicyclic) bond motifs is 4. The van der Waals surface area contributed by atoms with Crippen LogP contribution in [0.2, 0.25) is 0 Å². The molecule has 4 atom stereocenters. The molecule has 1 amide bonds. The predicted octanol–water partition coefficient (Wildman–Crippen LogP) is 2.51. The largest absolute Gasteiger partial charge is 0.396 e. The first kappa shape index (κ1) is 21.3. The van der Waals surface area contributed by atoms with Crippen molar-refractivity contribution in [2.45, 2.75) is 57.7 Å². The van der Waals surface area contributed by atoms with E-state index in [1.54, 1.807) is 19.0 Å². The average Bonchev–Trinajstić information content (AvgIpc) is 2.94. The molecule has 1 aromatic rings. The van der Waals surface area contributed by atoms with Gasteiger partial charge in [-0.25, -0.2) is 0 Å². The van der Waals surface area contributed by atoms with Gasteiger partial charge in [-0.1, -0.05) is 31.4 Å². The molecule has 3 aliphatic rings. The van der Waals surface area contributed by atoms with Crippen LogP contribution < -0.4 is 5.56 Å². The Kier molecular flexibility index (Phi) is 6.16. The monoisotopic (exact) mass is 413 g/mol. The SMILES string of the molecule is C/C=C\c1ccc2n(c1=O)C[C@@H]1[C@@H](CO)[C@H](C(=O)N(C)C)[C@H]2N1CC1CCCCC1. The summed E-state index contributed by atoms with van der Waals surface area (Å²) >= 11 is 0. The van der Waals surface area contributed by atoms with Gasteiger partial charge in [-0.2, -0.15) is 0 Å². The zero-order valence-electron chi connectivity index (χ0n) is 18.5.